The van der Waals surface area contributed by atoms with Crippen molar-refractivity contribution in [3.05, 3.63) is 88.4 Å². The van der Waals surface area contributed by atoms with Crippen molar-refractivity contribution in [1.29, 1.82) is 0 Å². The lowest BCUT2D eigenvalue weighted by atomic mass is 10.2. The number of hydrogen-bond donors (Lipinski definition) is 1. The summed E-state index contributed by atoms with van der Waals surface area (Å²) < 4.78 is 16.3. The summed E-state index contributed by atoms with van der Waals surface area (Å²) in [4.78, 5) is 12.6. The molecule has 30 heavy (non-hydrogen) atoms. The number of amides is 1. The fourth-order valence-corrected chi connectivity index (χ4v) is 2.91. The number of methoxy groups -OCH3 is 2. The number of hydrazone groups is 1. The summed E-state index contributed by atoms with van der Waals surface area (Å²) >= 11 is 6.23. The summed E-state index contributed by atoms with van der Waals surface area (Å²) in [5, 5.41) is 4.42. The summed E-state index contributed by atoms with van der Waals surface area (Å²) in [7, 11) is 3.06. The highest BCUT2D eigenvalue weighted by molar-refractivity contribution is 6.33. The van der Waals surface area contributed by atoms with Crippen molar-refractivity contribution in [2.75, 3.05) is 14.2 Å². The summed E-state index contributed by atoms with van der Waals surface area (Å²) in [6.07, 6.45) is 1.44. The molecule has 0 unspecified atom stereocenters. The van der Waals surface area contributed by atoms with E-state index in [9.17, 15) is 4.79 Å². The molecular weight excluding hydrogens is 404 g/mol. The van der Waals surface area contributed by atoms with Gasteiger partial charge in [-0.2, -0.15) is 5.10 Å². The van der Waals surface area contributed by atoms with E-state index in [4.69, 9.17) is 25.8 Å². The third-order valence-corrected chi connectivity index (χ3v) is 4.57. The fourth-order valence-electron chi connectivity index (χ4n) is 2.70. The molecule has 0 spiro atoms. The molecule has 0 aliphatic carbocycles. The van der Waals surface area contributed by atoms with E-state index in [1.165, 1.54) is 20.4 Å². The number of hydrogen-bond acceptors (Lipinski definition) is 5. The standard InChI is InChI=1S/C23H21ClN2O4/c1-28-21-12-17(19(24)13-22(21)29-2)14-25-26-23(27)18-10-6-7-11-20(18)30-15-16-8-4-3-5-9-16/h3-14H,15H2,1-2H3,(H,26,27)/b25-14+. The Morgan fingerprint density at radius 3 is 2.37 bits per heavy atom. The molecule has 3 aromatic carbocycles. The van der Waals surface area contributed by atoms with Gasteiger partial charge in [0, 0.05) is 11.6 Å². The predicted molar refractivity (Wildman–Crippen MR) is 117 cm³/mol. The fraction of sp³-hybridized carbons (Fsp3) is 0.130. The molecule has 0 heterocycles. The van der Waals surface area contributed by atoms with Crippen molar-refractivity contribution in [2.24, 2.45) is 5.10 Å². The lowest BCUT2D eigenvalue weighted by molar-refractivity contribution is 0.0950. The Bertz CT molecular complexity index is 1040. The van der Waals surface area contributed by atoms with Gasteiger partial charge in [0.1, 0.15) is 12.4 Å². The van der Waals surface area contributed by atoms with Crippen LogP contribution in [0, 0.1) is 0 Å². The number of nitrogens with zero attached hydrogens (tertiary/aromatic N) is 1. The second-order valence-corrected chi connectivity index (χ2v) is 6.61. The highest BCUT2D eigenvalue weighted by Crippen LogP contribution is 2.32. The van der Waals surface area contributed by atoms with Crippen molar-refractivity contribution in [3.63, 3.8) is 0 Å². The summed E-state index contributed by atoms with van der Waals surface area (Å²) in [5.41, 5.74) is 4.46. The number of carbonyl (C=O) groups excluding carboxylic acids is 1. The maximum atomic E-state index is 12.6. The molecule has 154 valence electrons. The number of nitrogens with one attached hydrogen (secondary N) is 1. The molecule has 3 aromatic rings. The van der Waals surface area contributed by atoms with Gasteiger partial charge in [0.05, 0.1) is 31.0 Å². The molecule has 1 amide bonds. The Balaban J connectivity index is 1.69. The first kappa shape index (κ1) is 21.2. The molecule has 0 saturated carbocycles. The zero-order chi connectivity index (χ0) is 21.3. The molecular formula is C23H21ClN2O4. The molecule has 0 aliphatic heterocycles. The van der Waals surface area contributed by atoms with Crippen LogP contribution in [0.4, 0.5) is 0 Å². The Morgan fingerprint density at radius 1 is 0.967 bits per heavy atom. The summed E-state index contributed by atoms with van der Waals surface area (Å²) in [6, 6.07) is 20.0. The average molecular weight is 425 g/mol. The molecule has 0 fully saturated rings. The maximum absolute atomic E-state index is 12.6. The van der Waals surface area contributed by atoms with Gasteiger partial charge in [-0.3, -0.25) is 4.79 Å². The van der Waals surface area contributed by atoms with Gasteiger partial charge < -0.3 is 14.2 Å². The molecule has 0 atom stereocenters. The zero-order valence-electron chi connectivity index (χ0n) is 16.6. The van der Waals surface area contributed by atoms with Gasteiger partial charge in [-0.05, 0) is 23.8 Å². The molecule has 0 bridgehead atoms. The van der Waals surface area contributed by atoms with Crippen molar-refractivity contribution in [1.82, 2.24) is 5.43 Å². The average Bonchev–Trinajstić information content (AvgIpc) is 2.79. The van der Waals surface area contributed by atoms with Crippen LogP contribution in [0.15, 0.2) is 71.8 Å². The van der Waals surface area contributed by atoms with Crippen LogP contribution in [0.2, 0.25) is 5.02 Å². The van der Waals surface area contributed by atoms with Crippen LogP contribution in [0.3, 0.4) is 0 Å². The van der Waals surface area contributed by atoms with E-state index >= 15 is 0 Å². The topological polar surface area (TPSA) is 69.2 Å². The molecule has 0 aromatic heterocycles. The second-order valence-electron chi connectivity index (χ2n) is 6.20. The Kier molecular flexibility index (Phi) is 7.29. The SMILES string of the molecule is COc1cc(Cl)c(/C=N/NC(=O)c2ccccc2OCc2ccccc2)cc1OC. The monoisotopic (exact) mass is 424 g/mol. The van der Waals surface area contributed by atoms with Crippen LogP contribution in [-0.2, 0) is 6.61 Å². The van der Waals surface area contributed by atoms with Gasteiger partial charge in [-0.15, -0.1) is 0 Å². The molecule has 7 heteroatoms. The van der Waals surface area contributed by atoms with Gasteiger partial charge in [-0.25, -0.2) is 5.43 Å². The maximum Gasteiger partial charge on any atom is 0.275 e. The third-order valence-electron chi connectivity index (χ3n) is 4.24. The van der Waals surface area contributed by atoms with Crippen molar-refractivity contribution < 1.29 is 19.0 Å². The number of para-hydroxylation sites is 1. The summed E-state index contributed by atoms with van der Waals surface area (Å²) in [6.45, 7) is 0.357. The number of ether oxygens (including phenoxy) is 3. The van der Waals surface area contributed by atoms with Crippen LogP contribution in [0.5, 0.6) is 17.2 Å². The minimum Gasteiger partial charge on any atom is -0.493 e. The first-order chi connectivity index (χ1) is 14.6. The third kappa shape index (κ3) is 5.30. The van der Waals surface area contributed by atoms with Crippen LogP contribution < -0.4 is 19.6 Å². The van der Waals surface area contributed by atoms with Crippen molar-refractivity contribution >= 4 is 23.7 Å². The van der Waals surface area contributed by atoms with Crippen molar-refractivity contribution in [2.45, 2.75) is 6.61 Å². The molecule has 0 radical (unpaired) electrons. The van der Waals surface area contributed by atoms with E-state index < -0.39 is 5.91 Å². The minimum absolute atomic E-state index is 0.357. The number of carbonyl (C=O) groups is 1. The summed E-state index contributed by atoms with van der Waals surface area (Å²) in [5.74, 6) is 1.09. The van der Waals surface area contributed by atoms with Gasteiger partial charge in [0.15, 0.2) is 11.5 Å². The lowest BCUT2D eigenvalue weighted by Gasteiger charge is -2.11. The zero-order valence-corrected chi connectivity index (χ0v) is 17.3. The van der Waals surface area contributed by atoms with Crippen molar-refractivity contribution in [3.8, 4) is 17.2 Å². The van der Waals surface area contributed by atoms with Crippen LogP contribution in [-0.4, -0.2) is 26.3 Å². The smallest absolute Gasteiger partial charge is 0.275 e. The van der Waals surface area contributed by atoms with Crippen LogP contribution >= 0.6 is 11.6 Å². The Labute approximate surface area is 180 Å². The normalized spacial score (nSPS) is 10.6. The van der Waals surface area contributed by atoms with E-state index in [1.807, 2.05) is 36.4 Å². The van der Waals surface area contributed by atoms with Crippen LogP contribution in [0.25, 0.3) is 0 Å². The van der Waals surface area contributed by atoms with Gasteiger partial charge in [0.2, 0.25) is 0 Å². The van der Waals surface area contributed by atoms with E-state index in [2.05, 4.69) is 10.5 Å². The minimum atomic E-state index is -0.397. The van der Waals surface area contributed by atoms with Gasteiger partial charge >= 0.3 is 0 Å². The molecule has 3 rings (SSSR count). The number of halogens is 1. The molecule has 1 N–H and O–H groups in total. The quantitative estimate of drug-likeness (QED) is 0.420. The van der Waals surface area contributed by atoms with E-state index in [-0.39, 0.29) is 0 Å². The second kappa shape index (κ2) is 10.3. The number of benzene rings is 3. The lowest BCUT2D eigenvalue weighted by Crippen LogP contribution is -2.18. The molecule has 0 aliphatic rings. The first-order valence-corrected chi connectivity index (χ1v) is 9.51. The highest BCUT2D eigenvalue weighted by Gasteiger charge is 2.12. The molecule has 6 nitrogen and oxygen atoms in total. The van der Waals surface area contributed by atoms with Crippen LogP contribution in [0.1, 0.15) is 21.5 Å². The predicted octanol–water partition coefficient (Wildman–Crippen LogP) is 4.70. The van der Waals surface area contributed by atoms with Gasteiger partial charge in [0.25, 0.3) is 5.91 Å². The largest absolute Gasteiger partial charge is 0.493 e. The van der Waals surface area contributed by atoms with E-state index in [0.717, 1.165) is 5.56 Å². The first-order valence-electron chi connectivity index (χ1n) is 9.13. The van der Waals surface area contributed by atoms with E-state index in [0.29, 0.717) is 40.0 Å². The Hall–Kier alpha value is -3.51. The highest BCUT2D eigenvalue weighted by atomic mass is 35.5. The Morgan fingerprint density at radius 2 is 1.63 bits per heavy atom. The number of rotatable bonds is 8. The van der Waals surface area contributed by atoms with E-state index in [1.54, 1.807) is 30.3 Å². The van der Waals surface area contributed by atoms with Gasteiger partial charge in [-0.1, -0.05) is 54.1 Å². The molecule has 0 saturated heterocycles.